The van der Waals surface area contributed by atoms with E-state index < -0.39 is 5.97 Å². The zero-order valence-corrected chi connectivity index (χ0v) is 15.1. The number of rotatable bonds is 7. The van der Waals surface area contributed by atoms with Gasteiger partial charge < -0.3 is 19.9 Å². The number of amides is 1. The van der Waals surface area contributed by atoms with Crippen LogP contribution < -0.4 is 14.8 Å². The smallest absolute Gasteiger partial charge is 0.306 e. The highest BCUT2D eigenvalue weighted by Crippen LogP contribution is 2.30. The van der Waals surface area contributed by atoms with Gasteiger partial charge in [0.1, 0.15) is 6.61 Å². The van der Waals surface area contributed by atoms with Crippen LogP contribution in [0, 0.1) is 5.92 Å². The van der Waals surface area contributed by atoms with Crippen molar-refractivity contribution in [3.63, 3.8) is 0 Å². The van der Waals surface area contributed by atoms with Crippen LogP contribution in [0.3, 0.4) is 0 Å². The fourth-order valence-electron chi connectivity index (χ4n) is 2.99. The molecule has 0 radical (unpaired) electrons. The summed E-state index contributed by atoms with van der Waals surface area (Å²) in [5.41, 5.74) is 3.01. The summed E-state index contributed by atoms with van der Waals surface area (Å²) in [6.07, 6.45) is 1.73. The Hall–Kier alpha value is -2.61. The zero-order chi connectivity index (χ0) is 18.5. The molecule has 3 rings (SSSR count). The molecule has 2 N–H and O–H groups in total. The van der Waals surface area contributed by atoms with E-state index in [1.165, 1.54) is 18.4 Å². The molecule has 1 aromatic heterocycles. The first-order valence-corrected chi connectivity index (χ1v) is 9.22. The first kappa shape index (κ1) is 18.2. The Morgan fingerprint density at radius 1 is 1.35 bits per heavy atom. The number of carboxylic acids is 1. The summed E-state index contributed by atoms with van der Waals surface area (Å²) in [5.74, 6) is -0.432. The number of hydrogen-bond acceptors (Lipinski definition) is 6. The quantitative estimate of drug-likeness (QED) is 0.771. The Balaban J connectivity index is 1.62. The molecular formula is C18H20N2O5S. The van der Waals surface area contributed by atoms with E-state index in [9.17, 15) is 9.59 Å². The fourth-order valence-corrected chi connectivity index (χ4v) is 3.54. The van der Waals surface area contributed by atoms with Crippen LogP contribution in [0.25, 0.3) is 0 Å². The van der Waals surface area contributed by atoms with E-state index >= 15 is 0 Å². The number of benzene rings is 1. The van der Waals surface area contributed by atoms with Crippen LogP contribution in [-0.2, 0) is 11.4 Å². The Bertz CT molecular complexity index is 778. The van der Waals surface area contributed by atoms with Crippen molar-refractivity contribution in [1.29, 1.82) is 0 Å². The molecule has 1 aliphatic carbocycles. The number of nitrogens with one attached hydrogen (secondary N) is 1. The van der Waals surface area contributed by atoms with E-state index in [4.69, 9.17) is 14.6 Å². The molecule has 0 saturated heterocycles. The van der Waals surface area contributed by atoms with Crippen molar-refractivity contribution in [1.82, 2.24) is 10.3 Å². The second-order valence-corrected chi connectivity index (χ2v) is 6.87. The molecule has 138 valence electrons. The molecule has 1 aliphatic rings. The number of aromatic nitrogens is 1. The largest absolute Gasteiger partial charge is 0.493 e. The van der Waals surface area contributed by atoms with Crippen LogP contribution in [0.5, 0.6) is 11.5 Å². The Morgan fingerprint density at radius 3 is 2.85 bits per heavy atom. The van der Waals surface area contributed by atoms with Crippen LogP contribution in [0.15, 0.2) is 29.1 Å². The van der Waals surface area contributed by atoms with Crippen molar-refractivity contribution in [2.75, 3.05) is 7.11 Å². The molecule has 0 aliphatic heterocycles. The van der Waals surface area contributed by atoms with Gasteiger partial charge in [0.25, 0.3) is 5.91 Å². The minimum atomic E-state index is -0.801. The van der Waals surface area contributed by atoms with Crippen molar-refractivity contribution in [2.45, 2.75) is 31.9 Å². The van der Waals surface area contributed by atoms with Gasteiger partial charge in [-0.3, -0.25) is 9.59 Å². The molecule has 2 atom stereocenters. The summed E-state index contributed by atoms with van der Waals surface area (Å²) in [6.45, 7) is 0.323. The maximum Gasteiger partial charge on any atom is 0.306 e. The van der Waals surface area contributed by atoms with Crippen molar-refractivity contribution in [3.8, 4) is 11.5 Å². The summed E-state index contributed by atoms with van der Waals surface area (Å²) in [5, 5.41) is 13.9. The average Bonchev–Trinajstić information content (AvgIpc) is 3.31. The number of ether oxygens (including phenoxy) is 2. The summed E-state index contributed by atoms with van der Waals surface area (Å²) in [4.78, 5) is 27.6. The van der Waals surface area contributed by atoms with E-state index in [0.717, 1.165) is 5.69 Å². The number of aliphatic carboxylic acids is 1. The van der Waals surface area contributed by atoms with Crippen molar-refractivity contribution < 1.29 is 24.2 Å². The van der Waals surface area contributed by atoms with Gasteiger partial charge in [0.05, 0.1) is 24.2 Å². The molecule has 1 heterocycles. The summed E-state index contributed by atoms with van der Waals surface area (Å²) in [6, 6.07) is 4.86. The molecule has 7 nitrogen and oxygen atoms in total. The SMILES string of the molecule is COc1cc(C(=O)N[C@@H]2CC[C@H](C(=O)O)C2)ccc1OCc1cscn1. The molecule has 26 heavy (non-hydrogen) atoms. The first-order valence-electron chi connectivity index (χ1n) is 8.28. The van der Waals surface area contributed by atoms with Gasteiger partial charge in [-0.25, -0.2) is 4.98 Å². The fraction of sp³-hybridized carbons (Fsp3) is 0.389. The molecule has 8 heteroatoms. The van der Waals surface area contributed by atoms with E-state index in [1.54, 1.807) is 23.7 Å². The van der Waals surface area contributed by atoms with Gasteiger partial charge in [-0.1, -0.05) is 0 Å². The van der Waals surface area contributed by atoms with Gasteiger partial charge >= 0.3 is 5.97 Å². The molecule has 1 fully saturated rings. The number of nitrogens with zero attached hydrogens (tertiary/aromatic N) is 1. The van der Waals surface area contributed by atoms with Gasteiger partial charge in [0.2, 0.25) is 0 Å². The minimum absolute atomic E-state index is 0.116. The van der Waals surface area contributed by atoms with Gasteiger partial charge in [-0.2, -0.15) is 0 Å². The highest BCUT2D eigenvalue weighted by molar-refractivity contribution is 7.07. The maximum atomic E-state index is 12.4. The normalized spacial score (nSPS) is 19.1. The molecule has 1 amide bonds. The third-order valence-electron chi connectivity index (χ3n) is 4.40. The lowest BCUT2D eigenvalue weighted by atomic mass is 10.1. The van der Waals surface area contributed by atoms with E-state index in [1.807, 2.05) is 5.38 Å². The van der Waals surface area contributed by atoms with Crippen LogP contribution in [0.2, 0.25) is 0 Å². The topological polar surface area (TPSA) is 97.8 Å². The number of methoxy groups -OCH3 is 1. The Labute approximate surface area is 155 Å². The second-order valence-electron chi connectivity index (χ2n) is 6.15. The Morgan fingerprint density at radius 2 is 2.19 bits per heavy atom. The first-order chi connectivity index (χ1) is 12.6. The van der Waals surface area contributed by atoms with Crippen molar-refractivity contribution in [2.24, 2.45) is 5.92 Å². The lowest BCUT2D eigenvalue weighted by molar-refractivity contribution is -0.141. The maximum absolute atomic E-state index is 12.4. The predicted octanol–water partition coefficient (Wildman–Crippen LogP) is 2.71. The van der Waals surface area contributed by atoms with E-state index in [2.05, 4.69) is 10.3 Å². The van der Waals surface area contributed by atoms with Gasteiger partial charge in [-0.05, 0) is 37.5 Å². The summed E-state index contributed by atoms with van der Waals surface area (Å²) < 4.78 is 11.0. The highest BCUT2D eigenvalue weighted by atomic mass is 32.1. The number of thiazole rings is 1. The van der Waals surface area contributed by atoms with Crippen LogP contribution in [0.1, 0.15) is 35.3 Å². The van der Waals surface area contributed by atoms with Gasteiger partial charge in [0, 0.05) is 17.0 Å². The molecule has 2 aromatic rings. The summed E-state index contributed by atoms with van der Waals surface area (Å²) in [7, 11) is 1.52. The predicted molar refractivity (Wildman–Crippen MR) is 95.7 cm³/mol. The second kappa shape index (κ2) is 8.18. The van der Waals surface area contributed by atoms with Gasteiger partial charge in [0.15, 0.2) is 11.5 Å². The third kappa shape index (κ3) is 4.32. The lowest BCUT2D eigenvalue weighted by Gasteiger charge is -2.14. The van der Waals surface area contributed by atoms with Gasteiger partial charge in [-0.15, -0.1) is 11.3 Å². The van der Waals surface area contributed by atoms with Crippen LogP contribution >= 0.6 is 11.3 Å². The molecule has 0 unspecified atom stereocenters. The summed E-state index contributed by atoms with van der Waals surface area (Å²) >= 11 is 1.50. The molecule has 0 spiro atoms. The minimum Gasteiger partial charge on any atom is -0.493 e. The molecule has 0 bridgehead atoms. The zero-order valence-electron chi connectivity index (χ0n) is 14.3. The molecular weight excluding hydrogens is 356 g/mol. The standard InChI is InChI=1S/C18H20N2O5S/c1-24-16-7-11(3-5-15(16)25-8-14-9-26-10-19-14)17(21)20-13-4-2-12(6-13)18(22)23/h3,5,7,9-10,12-13H,2,4,6,8H2,1H3,(H,20,21)(H,22,23)/t12-,13+/m0/s1. The highest BCUT2D eigenvalue weighted by Gasteiger charge is 2.30. The van der Waals surface area contributed by atoms with E-state index in [0.29, 0.717) is 42.9 Å². The number of carbonyl (C=O) groups is 2. The van der Waals surface area contributed by atoms with Crippen LogP contribution in [0.4, 0.5) is 0 Å². The number of hydrogen-bond donors (Lipinski definition) is 2. The van der Waals surface area contributed by atoms with Crippen molar-refractivity contribution >= 4 is 23.2 Å². The third-order valence-corrected chi connectivity index (χ3v) is 5.04. The average molecular weight is 376 g/mol. The number of carboxylic acid groups (broad SMARTS) is 1. The molecule has 1 aromatic carbocycles. The van der Waals surface area contributed by atoms with Crippen LogP contribution in [-0.4, -0.2) is 35.1 Å². The Kier molecular flexibility index (Phi) is 5.72. The molecule has 1 saturated carbocycles. The van der Waals surface area contributed by atoms with Crippen molar-refractivity contribution in [3.05, 3.63) is 40.3 Å². The monoisotopic (exact) mass is 376 g/mol. The lowest BCUT2D eigenvalue weighted by Crippen LogP contribution is -2.33. The van der Waals surface area contributed by atoms with E-state index in [-0.39, 0.29) is 17.9 Å². The number of carbonyl (C=O) groups excluding carboxylic acids is 1.